The number of nitrogens with zero attached hydrogens (tertiary/aromatic N) is 9. The molecule has 48 heavy (non-hydrogen) atoms. The van der Waals surface area contributed by atoms with E-state index in [2.05, 4.69) is 75.0 Å². The Bertz CT molecular complexity index is 1830. The van der Waals surface area contributed by atoms with Crippen LogP contribution in [0.3, 0.4) is 0 Å². The summed E-state index contributed by atoms with van der Waals surface area (Å²) in [5, 5.41) is 6.71. The van der Waals surface area contributed by atoms with Crippen molar-refractivity contribution in [2.24, 2.45) is 0 Å². The first-order chi connectivity index (χ1) is 23.5. The lowest BCUT2D eigenvalue weighted by atomic mass is 9.99. The van der Waals surface area contributed by atoms with E-state index in [9.17, 15) is 4.79 Å². The first-order valence-corrected chi connectivity index (χ1v) is 17.0. The van der Waals surface area contributed by atoms with Gasteiger partial charge in [-0.15, -0.1) is 0 Å². The first-order valence-electron chi connectivity index (χ1n) is 17.0. The minimum atomic E-state index is -0.251. The third-order valence-electron chi connectivity index (χ3n) is 10.0. The predicted molar refractivity (Wildman–Crippen MR) is 187 cm³/mol. The number of likely N-dealkylation sites (N-methyl/N-ethyl adjacent to an activating group) is 1. The van der Waals surface area contributed by atoms with E-state index >= 15 is 0 Å². The molecule has 3 aliphatic heterocycles. The molecule has 0 saturated carbocycles. The van der Waals surface area contributed by atoms with Gasteiger partial charge in [0.2, 0.25) is 12.5 Å². The zero-order chi connectivity index (χ0) is 33.0. The molecule has 3 aliphatic rings. The van der Waals surface area contributed by atoms with Crippen LogP contribution in [0.1, 0.15) is 29.7 Å². The number of likely N-dealkylation sites (tertiary alicyclic amines) is 1. The molecule has 4 aromatic rings. The van der Waals surface area contributed by atoms with Gasteiger partial charge in [0, 0.05) is 67.3 Å². The van der Waals surface area contributed by atoms with Crippen molar-refractivity contribution in [2.45, 2.75) is 51.4 Å². The number of fused-ring (bicyclic) bond motifs is 2. The Morgan fingerprint density at radius 1 is 1.06 bits per heavy atom. The second kappa shape index (κ2) is 14.0. The molecule has 2 aromatic carbocycles. The van der Waals surface area contributed by atoms with Gasteiger partial charge in [0.25, 0.3) is 0 Å². The number of carbonyl (C=O) groups excluding carboxylic acids is 1. The van der Waals surface area contributed by atoms with Gasteiger partial charge in [-0.1, -0.05) is 36.4 Å². The van der Waals surface area contributed by atoms with E-state index in [4.69, 9.17) is 21.3 Å². The summed E-state index contributed by atoms with van der Waals surface area (Å²) in [5.41, 5.74) is 4.59. The molecule has 11 nitrogen and oxygen atoms in total. The quantitative estimate of drug-likeness (QED) is 0.196. The topological polar surface area (TPSA) is 87.2 Å². The normalized spacial score (nSPS) is 20.0. The zero-order valence-corrected chi connectivity index (χ0v) is 27.8. The third kappa shape index (κ3) is 6.58. The van der Waals surface area contributed by atoms with Gasteiger partial charge in [-0.25, -0.2) is 6.57 Å². The number of hydrogen-bond acceptors (Lipinski definition) is 8. The van der Waals surface area contributed by atoms with Crippen molar-refractivity contribution >= 4 is 28.2 Å². The number of aromatic nitrogens is 4. The van der Waals surface area contributed by atoms with E-state index < -0.39 is 0 Å². The highest BCUT2D eigenvalue weighted by Crippen LogP contribution is 2.36. The Labute approximate surface area is 282 Å². The Morgan fingerprint density at radius 3 is 2.73 bits per heavy atom. The predicted octanol–water partition coefficient (Wildman–Crippen LogP) is 4.36. The van der Waals surface area contributed by atoms with Gasteiger partial charge in [0.15, 0.2) is 0 Å². The molecule has 0 spiro atoms. The summed E-state index contributed by atoms with van der Waals surface area (Å²) in [6.45, 7) is 15.4. The Hall–Kier alpha value is -4.95. The van der Waals surface area contributed by atoms with Crippen LogP contribution in [0.15, 0.2) is 67.0 Å². The lowest BCUT2D eigenvalue weighted by Gasteiger charge is -2.41. The molecule has 248 valence electrons. The van der Waals surface area contributed by atoms with E-state index in [-0.39, 0.29) is 18.5 Å². The highest BCUT2D eigenvalue weighted by atomic mass is 16.5. The van der Waals surface area contributed by atoms with Crippen LogP contribution in [0, 0.1) is 13.5 Å². The molecule has 2 atom stereocenters. The number of benzene rings is 2. The monoisotopic (exact) mass is 645 g/mol. The average molecular weight is 646 g/mol. The fourth-order valence-electron chi connectivity index (χ4n) is 7.42. The van der Waals surface area contributed by atoms with Gasteiger partial charge >= 0.3 is 6.01 Å². The second-order valence-electron chi connectivity index (χ2n) is 13.1. The van der Waals surface area contributed by atoms with Crippen molar-refractivity contribution in [2.75, 3.05) is 62.7 Å². The van der Waals surface area contributed by atoms with Crippen LogP contribution in [-0.4, -0.2) is 100 Å². The molecule has 0 unspecified atom stereocenters. The Morgan fingerprint density at radius 2 is 1.94 bits per heavy atom. The number of piperazine rings is 1. The number of allylic oxidation sites excluding steroid dienone is 1. The van der Waals surface area contributed by atoms with E-state index in [0.29, 0.717) is 51.4 Å². The Balaban J connectivity index is 1.16. The molecule has 0 radical (unpaired) electrons. The highest BCUT2D eigenvalue weighted by molar-refractivity contribution is 5.97. The van der Waals surface area contributed by atoms with Crippen LogP contribution in [0.4, 0.5) is 11.5 Å². The van der Waals surface area contributed by atoms with E-state index in [1.165, 1.54) is 28.4 Å². The number of anilines is 2. The van der Waals surface area contributed by atoms with Crippen LogP contribution < -0.4 is 14.5 Å². The summed E-state index contributed by atoms with van der Waals surface area (Å²) in [6, 6.07) is 15.4. The fourth-order valence-corrected chi connectivity index (χ4v) is 7.42. The molecule has 2 aromatic heterocycles. The molecule has 0 aliphatic carbocycles. The Kier molecular flexibility index (Phi) is 9.25. The minimum Gasteiger partial charge on any atom is -0.462 e. The number of ether oxygens (including phenoxy) is 1. The highest BCUT2D eigenvalue weighted by Gasteiger charge is 2.35. The molecule has 5 heterocycles. The van der Waals surface area contributed by atoms with Crippen LogP contribution >= 0.6 is 0 Å². The smallest absolute Gasteiger partial charge is 0.318 e. The lowest BCUT2D eigenvalue weighted by Crippen LogP contribution is -2.56. The molecule has 2 saturated heterocycles. The van der Waals surface area contributed by atoms with Crippen molar-refractivity contribution in [3.63, 3.8) is 0 Å². The standard InChI is InChI=1S/C37H43N9O2/c1-27-9-4-10-28-11-5-13-33(35(27)28)43-20-15-31-32(25-43)40-37(48-26-29-12-6-17-42(29)3)41-36(31)44-21-22-46(30(24-44)23-38-2)34(47)14-7-18-45-19-8-16-39-45/h4-5,7-11,13-14,16,19,29-30H,6,12,15,17-18,20-26H2,1,3H3/b14-7+/t29-,30-/m0/s1. The summed E-state index contributed by atoms with van der Waals surface area (Å²) in [7, 11) is 2.15. The summed E-state index contributed by atoms with van der Waals surface area (Å²) in [6.07, 6.45) is 10.1. The number of aryl methyl sites for hydroxylation is 1. The molecular formula is C37H43N9O2. The summed E-state index contributed by atoms with van der Waals surface area (Å²) in [4.78, 5) is 36.0. The van der Waals surface area contributed by atoms with Gasteiger partial charge in [0.1, 0.15) is 18.5 Å². The number of hydrogen-bond donors (Lipinski definition) is 0. The number of rotatable bonds is 9. The molecule has 7 rings (SSSR count). The van der Waals surface area contributed by atoms with Gasteiger partial charge in [-0.2, -0.15) is 15.1 Å². The van der Waals surface area contributed by atoms with Gasteiger partial charge in [-0.3, -0.25) is 9.48 Å². The minimum absolute atomic E-state index is 0.0779. The van der Waals surface area contributed by atoms with Crippen LogP contribution in [0.2, 0.25) is 0 Å². The fraction of sp³-hybridized carbons (Fsp3) is 0.432. The van der Waals surface area contributed by atoms with Crippen molar-refractivity contribution < 1.29 is 9.53 Å². The van der Waals surface area contributed by atoms with Crippen molar-refractivity contribution in [1.82, 2.24) is 29.5 Å². The van der Waals surface area contributed by atoms with E-state index in [1.807, 2.05) is 23.2 Å². The first kappa shape index (κ1) is 31.6. The molecule has 11 heteroatoms. The molecule has 0 N–H and O–H groups in total. The van der Waals surface area contributed by atoms with Crippen LogP contribution in [0.5, 0.6) is 6.01 Å². The lowest BCUT2D eigenvalue weighted by molar-refractivity contribution is -0.128. The summed E-state index contributed by atoms with van der Waals surface area (Å²) < 4.78 is 8.13. The molecule has 1 amide bonds. The van der Waals surface area contributed by atoms with Gasteiger partial charge in [-0.05, 0) is 62.9 Å². The van der Waals surface area contributed by atoms with Crippen LogP contribution in [0.25, 0.3) is 15.6 Å². The maximum Gasteiger partial charge on any atom is 0.318 e. The van der Waals surface area contributed by atoms with Crippen molar-refractivity contribution in [1.29, 1.82) is 0 Å². The molecule has 2 fully saturated rings. The molecule has 0 bridgehead atoms. The third-order valence-corrected chi connectivity index (χ3v) is 10.0. The SMILES string of the molecule is [C-]#[N+]C[C@H]1CN(c2nc(OC[C@@H]3CCCN3C)nc3c2CCN(c2cccc4cccc(C)c24)C3)CCN1C(=O)/C=C/Cn1cccn1. The maximum absolute atomic E-state index is 13.3. The van der Waals surface area contributed by atoms with Gasteiger partial charge in [0.05, 0.1) is 18.8 Å². The van der Waals surface area contributed by atoms with Crippen molar-refractivity contribution in [3.05, 3.63) is 95.2 Å². The summed E-state index contributed by atoms with van der Waals surface area (Å²) >= 11 is 0. The van der Waals surface area contributed by atoms with Crippen LogP contribution in [-0.2, 0) is 24.3 Å². The average Bonchev–Trinajstić information content (AvgIpc) is 3.78. The van der Waals surface area contributed by atoms with E-state index in [1.54, 1.807) is 17.0 Å². The van der Waals surface area contributed by atoms with Crippen molar-refractivity contribution in [3.8, 4) is 6.01 Å². The number of amides is 1. The largest absolute Gasteiger partial charge is 0.462 e. The zero-order valence-electron chi connectivity index (χ0n) is 27.8. The molecular weight excluding hydrogens is 602 g/mol. The summed E-state index contributed by atoms with van der Waals surface area (Å²) in [5.74, 6) is 0.797. The van der Waals surface area contributed by atoms with Gasteiger partial charge < -0.3 is 29.2 Å². The number of carbonyl (C=O) groups is 1. The maximum atomic E-state index is 13.3. The van der Waals surface area contributed by atoms with E-state index in [0.717, 1.165) is 43.0 Å². The second-order valence-corrected chi connectivity index (χ2v) is 13.1.